The number of benzene rings is 3. The van der Waals surface area contributed by atoms with Gasteiger partial charge in [0, 0.05) is 6.92 Å². The van der Waals surface area contributed by atoms with Crippen LogP contribution in [0.2, 0.25) is 0 Å². The van der Waals surface area contributed by atoms with E-state index in [1.165, 1.54) is 42.9 Å². The Kier molecular flexibility index (Phi) is 15.7. The molecule has 50 heavy (non-hydrogen) atoms. The topological polar surface area (TPSA) is 91.3 Å². The second-order valence-corrected chi connectivity index (χ2v) is 14.1. The molecule has 4 unspecified atom stereocenters. The van der Waals surface area contributed by atoms with E-state index in [1.807, 2.05) is 55.5 Å². The highest BCUT2D eigenvalue weighted by molar-refractivity contribution is 5.72. The van der Waals surface area contributed by atoms with Gasteiger partial charge in [-0.15, -0.1) is 0 Å². The molecule has 4 atom stereocenters. The summed E-state index contributed by atoms with van der Waals surface area (Å²) in [6.45, 7) is 10.5. The third-order valence-corrected chi connectivity index (χ3v) is 10.3. The lowest BCUT2D eigenvalue weighted by molar-refractivity contribution is -0.154. The number of phenolic OH excluding ortho intramolecular Hbond substituents is 1. The Balaban J connectivity index is 1.27. The molecule has 0 spiro atoms. The van der Waals surface area contributed by atoms with Crippen LogP contribution in [0.25, 0.3) is 0 Å². The molecular formula is C43H58O7. The Morgan fingerprint density at radius 1 is 0.760 bits per heavy atom. The number of aromatic hydroxyl groups is 1. The van der Waals surface area contributed by atoms with Crippen molar-refractivity contribution in [1.82, 2.24) is 0 Å². The standard InChI is InChI=1S/C43H58O7/c1-6-8-9-33-10-12-38(13-11-33)43(46)48-27-26-47-32(5)50-42-24-18-36(19-25-42)34(7-2)29-39(37-14-20-40(45)21-15-37)28-30(3)35-16-22-41(23-17-35)49-31(4)44/h14-25,30,32-34,38-39,45H,6-13,26-29H2,1-5H3. The number of esters is 2. The Hall–Kier alpha value is -3.84. The molecule has 3 aromatic carbocycles. The van der Waals surface area contributed by atoms with Crippen molar-refractivity contribution in [2.24, 2.45) is 11.8 Å². The maximum absolute atomic E-state index is 12.6. The molecule has 0 saturated heterocycles. The number of carbonyl (C=O) groups is 2. The summed E-state index contributed by atoms with van der Waals surface area (Å²) in [6, 6.07) is 23.6. The average Bonchev–Trinajstić information content (AvgIpc) is 3.12. The summed E-state index contributed by atoms with van der Waals surface area (Å²) in [4.78, 5) is 23.9. The Morgan fingerprint density at radius 3 is 1.98 bits per heavy atom. The van der Waals surface area contributed by atoms with E-state index in [9.17, 15) is 14.7 Å². The molecule has 1 N–H and O–H groups in total. The second kappa shape index (κ2) is 20.1. The summed E-state index contributed by atoms with van der Waals surface area (Å²) in [5, 5.41) is 9.96. The molecule has 1 saturated carbocycles. The normalized spacial score (nSPS) is 18.4. The van der Waals surface area contributed by atoms with E-state index < -0.39 is 6.29 Å². The minimum absolute atomic E-state index is 0.0269. The SMILES string of the molecule is CCCCC1CCC(C(=O)OCCOC(C)Oc2ccc(C(CC)CC(CC(C)c3ccc(OC(C)=O)cc3)c3ccc(O)cc3)cc2)CC1. The summed E-state index contributed by atoms with van der Waals surface area (Å²) in [5.74, 6) is 2.79. The Bertz CT molecular complexity index is 1430. The molecule has 4 rings (SSSR count). The van der Waals surface area contributed by atoms with E-state index in [0.29, 0.717) is 18.3 Å². The lowest BCUT2D eigenvalue weighted by Gasteiger charge is -2.27. The quantitative estimate of drug-likeness (QED) is 0.0581. The van der Waals surface area contributed by atoms with Crippen LogP contribution >= 0.6 is 0 Å². The maximum Gasteiger partial charge on any atom is 0.309 e. The first-order chi connectivity index (χ1) is 24.1. The van der Waals surface area contributed by atoms with E-state index in [0.717, 1.165) is 56.6 Å². The zero-order chi connectivity index (χ0) is 35.9. The number of carbonyl (C=O) groups excluding carboxylic acids is 2. The van der Waals surface area contributed by atoms with E-state index in [-0.39, 0.29) is 42.0 Å². The van der Waals surface area contributed by atoms with E-state index in [2.05, 4.69) is 32.9 Å². The maximum atomic E-state index is 12.6. The number of unbranched alkanes of at least 4 members (excludes halogenated alkanes) is 1. The summed E-state index contributed by atoms with van der Waals surface area (Å²) in [5.41, 5.74) is 3.65. The van der Waals surface area contributed by atoms with Gasteiger partial charge in [-0.05, 0) is 129 Å². The van der Waals surface area contributed by atoms with Gasteiger partial charge < -0.3 is 24.1 Å². The van der Waals surface area contributed by atoms with Crippen LogP contribution in [0.5, 0.6) is 17.2 Å². The van der Waals surface area contributed by atoms with Crippen LogP contribution in [0.3, 0.4) is 0 Å². The minimum atomic E-state index is -0.473. The van der Waals surface area contributed by atoms with E-state index in [4.69, 9.17) is 18.9 Å². The molecule has 0 bridgehead atoms. The van der Waals surface area contributed by atoms with Crippen LogP contribution in [-0.2, 0) is 19.1 Å². The zero-order valence-corrected chi connectivity index (χ0v) is 30.8. The van der Waals surface area contributed by atoms with Crippen LogP contribution in [0.15, 0.2) is 72.8 Å². The Labute approximate surface area is 299 Å². The van der Waals surface area contributed by atoms with Crippen molar-refractivity contribution in [2.75, 3.05) is 13.2 Å². The van der Waals surface area contributed by atoms with Crippen molar-refractivity contribution < 1.29 is 33.6 Å². The zero-order valence-electron chi connectivity index (χ0n) is 30.8. The van der Waals surface area contributed by atoms with Gasteiger partial charge in [-0.25, -0.2) is 0 Å². The van der Waals surface area contributed by atoms with Crippen molar-refractivity contribution in [3.8, 4) is 17.2 Å². The molecule has 0 amide bonds. The first kappa shape index (κ1) is 39.0. The summed E-state index contributed by atoms with van der Waals surface area (Å²) in [7, 11) is 0. The molecule has 0 aliphatic heterocycles. The van der Waals surface area contributed by atoms with Crippen LogP contribution in [-0.4, -0.2) is 36.5 Å². The molecule has 3 aromatic rings. The van der Waals surface area contributed by atoms with Crippen molar-refractivity contribution in [3.05, 3.63) is 89.5 Å². The number of rotatable bonds is 19. The first-order valence-electron chi connectivity index (χ1n) is 18.8. The largest absolute Gasteiger partial charge is 0.508 e. The molecule has 0 aromatic heterocycles. The summed E-state index contributed by atoms with van der Waals surface area (Å²) < 4.78 is 22.6. The molecule has 7 heteroatoms. The fourth-order valence-corrected chi connectivity index (χ4v) is 7.29. The molecule has 1 fully saturated rings. The van der Waals surface area contributed by atoms with Crippen LogP contribution in [0, 0.1) is 11.8 Å². The second-order valence-electron chi connectivity index (χ2n) is 14.1. The summed E-state index contributed by atoms with van der Waals surface area (Å²) >= 11 is 0. The predicted molar refractivity (Wildman–Crippen MR) is 198 cm³/mol. The molecule has 7 nitrogen and oxygen atoms in total. The van der Waals surface area contributed by atoms with E-state index in [1.54, 1.807) is 12.1 Å². The smallest absolute Gasteiger partial charge is 0.309 e. The van der Waals surface area contributed by atoms with Crippen molar-refractivity contribution in [3.63, 3.8) is 0 Å². The number of phenols is 1. The van der Waals surface area contributed by atoms with Crippen LogP contribution in [0.1, 0.15) is 133 Å². The van der Waals surface area contributed by atoms with Gasteiger partial charge in [0.2, 0.25) is 0 Å². The lowest BCUT2D eigenvalue weighted by atomic mass is 9.78. The molecule has 0 heterocycles. The molecule has 0 radical (unpaired) electrons. The van der Waals surface area contributed by atoms with Crippen LogP contribution < -0.4 is 9.47 Å². The third-order valence-electron chi connectivity index (χ3n) is 10.3. The molecule has 1 aliphatic carbocycles. The van der Waals surface area contributed by atoms with Crippen molar-refractivity contribution in [1.29, 1.82) is 0 Å². The third kappa shape index (κ3) is 12.5. The fraction of sp³-hybridized carbons (Fsp3) is 0.535. The fourth-order valence-electron chi connectivity index (χ4n) is 7.29. The Morgan fingerprint density at radius 2 is 1.36 bits per heavy atom. The van der Waals surface area contributed by atoms with Crippen molar-refractivity contribution in [2.45, 2.75) is 123 Å². The predicted octanol–water partition coefficient (Wildman–Crippen LogP) is 10.5. The van der Waals surface area contributed by atoms with Gasteiger partial charge in [0.1, 0.15) is 23.9 Å². The highest BCUT2D eigenvalue weighted by Crippen LogP contribution is 2.39. The highest BCUT2D eigenvalue weighted by Gasteiger charge is 2.27. The number of hydrogen-bond donors (Lipinski definition) is 1. The average molecular weight is 687 g/mol. The van der Waals surface area contributed by atoms with Gasteiger partial charge in [0.15, 0.2) is 6.29 Å². The summed E-state index contributed by atoms with van der Waals surface area (Å²) in [6.07, 6.45) is 10.3. The van der Waals surface area contributed by atoms with Crippen molar-refractivity contribution >= 4 is 11.9 Å². The molecular weight excluding hydrogens is 628 g/mol. The lowest BCUT2D eigenvalue weighted by Crippen LogP contribution is -2.26. The molecule has 1 aliphatic rings. The molecule has 272 valence electrons. The van der Waals surface area contributed by atoms with Gasteiger partial charge in [-0.3, -0.25) is 9.59 Å². The van der Waals surface area contributed by atoms with Gasteiger partial charge in [0.25, 0.3) is 0 Å². The number of hydrogen-bond acceptors (Lipinski definition) is 7. The van der Waals surface area contributed by atoms with Gasteiger partial charge in [0.05, 0.1) is 12.5 Å². The number of ether oxygens (including phenoxy) is 4. The highest BCUT2D eigenvalue weighted by atomic mass is 16.7. The monoisotopic (exact) mass is 686 g/mol. The van der Waals surface area contributed by atoms with Crippen LogP contribution in [0.4, 0.5) is 0 Å². The van der Waals surface area contributed by atoms with Gasteiger partial charge in [-0.2, -0.15) is 0 Å². The van der Waals surface area contributed by atoms with Gasteiger partial charge >= 0.3 is 11.9 Å². The van der Waals surface area contributed by atoms with Gasteiger partial charge in [-0.1, -0.05) is 76.4 Å². The van der Waals surface area contributed by atoms with E-state index >= 15 is 0 Å². The first-order valence-corrected chi connectivity index (χ1v) is 18.8. The minimum Gasteiger partial charge on any atom is -0.508 e.